The molecule has 0 aliphatic heterocycles. The van der Waals surface area contributed by atoms with Crippen LogP contribution in [0, 0.1) is 6.92 Å². The molecule has 108 valence electrons. The van der Waals surface area contributed by atoms with Gasteiger partial charge in [0.05, 0.1) is 12.6 Å². The second kappa shape index (κ2) is 5.81. The minimum atomic E-state index is -4.79. The van der Waals surface area contributed by atoms with Gasteiger partial charge < -0.3 is 24.6 Å². The molecule has 0 spiro atoms. The van der Waals surface area contributed by atoms with E-state index in [1.807, 2.05) is 0 Å². The van der Waals surface area contributed by atoms with Crippen LogP contribution in [0.3, 0.4) is 0 Å². The topological polar surface area (TPSA) is 142 Å². The van der Waals surface area contributed by atoms with Crippen LogP contribution in [0.2, 0.25) is 0 Å². The molecule has 0 saturated heterocycles. The summed E-state index contributed by atoms with van der Waals surface area (Å²) in [6.45, 7) is 2.63. The molecule has 9 nitrogen and oxygen atoms in total. The molecule has 1 unspecified atom stereocenters. The van der Waals surface area contributed by atoms with Crippen LogP contribution in [0.1, 0.15) is 12.5 Å². The lowest BCUT2D eigenvalue weighted by atomic mass is 10.3. The number of hydrogen-bond acceptors (Lipinski definition) is 5. The van der Waals surface area contributed by atoms with E-state index in [0.29, 0.717) is 5.56 Å². The summed E-state index contributed by atoms with van der Waals surface area (Å²) >= 11 is 0. The van der Waals surface area contributed by atoms with E-state index in [1.54, 1.807) is 0 Å². The number of nitrogens with zero attached hydrogens (tertiary/aromatic N) is 1. The first-order chi connectivity index (χ1) is 8.62. The highest BCUT2D eigenvalue weighted by atomic mass is 31.2. The lowest BCUT2D eigenvalue weighted by molar-refractivity contribution is -0.0941. The predicted molar refractivity (Wildman–Crippen MR) is 64.7 cm³/mol. The molecule has 0 saturated carbocycles. The fourth-order valence-corrected chi connectivity index (χ4v) is 1.73. The van der Waals surface area contributed by atoms with E-state index < -0.39 is 31.0 Å². The zero-order valence-electron chi connectivity index (χ0n) is 10.3. The van der Waals surface area contributed by atoms with Crippen molar-refractivity contribution in [1.82, 2.24) is 9.55 Å². The Kier molecular flexibility index (Phi) is 4.83. The maximum atomic E-state index is 11.7. The Morgan fingerprint density at radius 3 is 2.58 bits per heavy atom. The van der Waals surface area contributed by atoms with Gasteiger partial charge in [0.2, 0.25) is 0 Å². The van der Waals surface area contributed by atoms with Gasteiger partial charge in [0.1, 0.15) is 0 Å². The Morgan fingerprint density at radius 1 is 1.47 bits per heavy atom. The maximum Gasteiger partial charge on any atom is 0.381 e. The molecule has 4 N–H and O–H groups in total. The van der Waals surface area contributed by atoms with Gasteiger partial charge in [-0.1, -0.05) is 0 Å². The first-order valence-corrected chi connectivity index (χ1v) is 6.99. The van der Waals surface area contributed by atoms with Crippen molar-refractivity contribution in [1.29, 1.82) is 0 Å². The minimum absolute atomic E-state index is 0.243. The summed E-state index contributed by atoms with van der Waals surface area (Å²) in [6.07, 6.45) is 0.320. The van der Waals surface area contributed by atoms with Crippen LogP contribution in [0.5, 0.6) is 0 Å². The van der Waals surface area contributed by atoms with Crippen molar-refractivity contribution < 1.29 is 24.2 Å². The zero-order valence-corrected chi connectivity index (χ0v) is 11.2. The lowest BCUT2D eigenvalue weighted by Crippen LogP contribution is -2.39. The van der Waals surface area contributed by atoms with Crippen molar-refractivity contribution in [2.75, 3.05) is 0 Å². The maximum absolute atomic E-state index is 11.7. The molecule has 0 fully saturated rings. The first-order valence-electron chi connectivity index (χ1n) is 5.31. The van der Waals surface area contributed by atoms with Crippen LogP contribution < -0.4 is 11.2 Å². The van der Waals surface area contributed by atoms with E-state index in [2.05, 4.69) is 9.72 Å². The zero-order chi connectivity index (χ0) is 14.8. The van der Waals surface area contributed by atoms with E-state index in [1.165, 1.54) is 20.0 Å². The van der Waals surface area contributed by atoms with E-state index in [0.717, 1.165) is 4.57 Å². The lowest BCUT2D eigenvalue weighted by Gasteiger charge is -2.19. The third-order valence-electron chi connectivity index (χ3n) is 2.32. The smallest absolute Gasteiger partial charge is 0.358 e. The molecule has 0 amide bonds. The number of aliphatic hydroxyl groups excluding tert-OH is 1. The largest absolute Gasteiger partial charge is 0.381 e. The average Bonchev–Trinajstić information content (AvgIpc) is 2.28. The standard InChI is InChI=1S/C9H15N2O7P/c1-5-3-10-8(13)11(7(5)12)4-6(2)18-9(14)19(15,16)17/h3,6,9,14H,4H2,1-2H3,(H,10,13)(H2,15,16,17)/t6?,9-/m0/s1. The van der Waals surface area contributed by atoms with Gasteiger partial charge in [-0.05, 0) is 13.8 Å². The van der Waals surface area contributed by atoms with Crippen LogP contribution in [0.25, 0.3) is 0 Å². The number of aromatic amines is 1. The Hall–Kier alpha value is -1.25. The average molecular weight is 294 g/mol. The molecule has 0 bridgehead atoms. The van der Waals surface area contributed by atoms with E-state index >= 15 is 0 Å². The third kappa shape index (κ3) is 4.12. The van der Waals surface area contributed by atoms with Gasteiger partial charge in [-0.15, -0.1) is 0 Å². The highest BCUT2D eigenvalue weighted by Crippen LogP contribution is 2.40. The number of rotatable bonds is 5. The number of nitrogens with one attached hydrogen (secondary N) is 1. The van der Waals surface area contributed by atoms with Crippen LogP contribution in [-0.2, 0) is 15.8 Å². The Bertz CT molecular complexity index is 601. The molecule has 1 aromatic rings. The third-order valence-corrected chi connectivity index (χ3v) is 3.02. The molecule has 2 atom stereocenters. The minimum Gasteiger partial charge on any atom is -0.358 e. The van der Waals surface area contributed by atoms with Gasteiger partial charge in [-0.2, -0.15) is 0 Å². The molecular weight excluding hydrogens is 279 g/mol. The Balaban J connectivity index is 2.87. The second-order valence-electron chi connectivity index (χ2n) is 4.05. The van der Waals surface area contributed by atoms with Gasteiger partial charge >= 0.3 is 13.3 Å². The Labute approximate surface area is 107 Å². The molecule has 1 heterocycles. The monoisotopic (exact) mass is 294 g/mol. The summed E-state index contributed by atoms with van der Waals surface area (Å²) in [5, 5.41) is 9.07. The first kappa shape index (κ1) is 15.8. The predicted octanol–water partition coefficient (Wildman–Crippen LogP) is -1.30. The van der Waals surface area contributed by atoms with E-state index in [-0.39, 0.29) is 6.54 Å². The summed E-state index contributed by atoms with van der Waals surface area (Å²) in [7, 11) is -4.79. The normalized spacial score (nSPS) is 15.2. The van der Waals surface area contributed by atoms with Gasteiger partial charge in [0.25, 0.3) is 11.6 Å². The molecule has 1 aromatic heterocycles. The van der Waals surface area contributed by atoms with Crippen molar-refractivity contribution >= 4 is 7.60 Å². The SMILES string of the molecule is Cc1c[nH]c(=O)n(CC(C)O[C@H](O)P(=O)(O)O)c1=O. The molecule has 0 aliphatic rings. The van der Waals surface area contributed by atoms with Crippen molar-refractivity contribution in [3.8, 4) is 0 Å². The number of hydrogen-bond donors (Lipinski definition) is 4. The van der Waals surface area contributed by atoms with Gasteiger partial charge in [0, 0.05) is 11.8 Å². The van der Waals surface area contributed by atoms with Gasteiger partial charge in [0.15, 0.2) is 0 Å². The van der Waals surface area contributed by atoms with E-state index in [4.69, 9.17) is 14.9 Å². The van der Waals surface area contributed by atoms with Crippen LogP contribution in [0.4, 0.5) is 0 Å². The number of aryl methyl sites for hydroxylation is 1. The van der Waals surface area contributed by atoms with Crippen LogP contribution >= 0.6 is 7.60 Å². The molecular formula is C9H15N2O7P. The summed E-state index contributed by atoms with van der Waals surface area (Å²) in [5.74, 6) is 0. The van der Waals surface area contributed by atoms with Crippen molar-refractivity contribution in [2.24, 2.45) is 0 Å². The van der Waals surface area contributed by atoms with Crippen LogP contribution in [-0.4, -0.2) is 36.6 Å². The van der Waals surface area contributed by atoms with Crippen LogP contribution in [0.15, 0.2) is 15.8 Å². The second-order valence-corrected chi connectivity index (χ2v) is 5.67. The summed E-state index contributed by atoms with van der Waals surface area (Å²) in [6, 6.07) is -2.29. The summed E-state index contributed by atoms with van der Waals surface area (Å²) < 4.78 is 16.2. The molecule has 1 rings (SSSR count). The quantitative estimate of drug-likeness (QED) is 0.390. The summed E-state index contributed by atoms with van der Waals surface area (Å²) in [4.78, 5) is 42.8. The van der Waals surface area contributed by atoms with Crippen molar-refractivity contribution in [3.05, 3.63) is 32.6 Å². The van der Waals surface area contributed by atoms with Gasteiger partial charge in [-0.3, -0.25) is 13.9 Å². The van der Waals surface area contributed by atoms with Gasteiger partial charge in [-0.25, -0.2) is 4.79 Å². The highest BCUT2D eigenvalue weighted by molar-refractivity contribution is 7.52. The van der Waals surface area contributed by atoms with E-state index in [9.17, 15) is 14.2 Å². The summed E-state index contributed by atoms with van der Waals surface area (Å²) in [5.41, 5.74) is -0.899. The fourth-order valence-electron chi connectivity index (χ4n) is 1.37. The number of aromatic nitrogens is 2. The number of aliphatic hydroxyl groups is 1. The number of ether oxygens (including phenoxy) is 1. The highest BCUT2D eigenvalue weighted by Gasteiger charge is 2.29. The Morgan fingerprint density at radius 2 is 2.05 bits per heavy atom. The molecule has 0 aromatic carbocycles. The molecule has 19 heavy (non-hydrogen) atoms. The molecule has 0 aliphatic carbocycles. The molecule has 0 radical (unpaired) electrons. The fraction of sp³-hybridized carbons (Fsp3) is 0.556. The van der Waals surface area contributed by atoms with Crippen molar-refractivity contribution in [3.63, 3.8) is 0 Å². The number of H-pyrrole nitrogens is 1. The molecule has 10 heteroatoms. The van der Waals surface area contributed by atoms with Crippen molar-refractivity contribution in [2.45, 2.75) is 32.5 Å².